The molecule has 0 fully saturated rings. The third kappa shape index (κ3) is 6.90. The number of pyridine rings is 3. The summed E-state index contributed by atoms with van der Waals surface area (Å²) in [6, 6.07) is 14.0. The number of ketones is 1. The van der Waals surface area contributed by atoms with Crippen molar-refractivity contribution in [2.24, 2.45) is 10.8 Å². The normalized spacial score (nSPS) is 13.2. The van der Waals surface area contributed by atoms with E-state index < -0.39 is 0 Å². The molecule has 0 unspecified atom stereocenters. The average molecular weight is 775 g/mol. The van der Waals surface area contributed by atoms with Crippen LogP contribution in [0.2, 0.25) is 0 Å². The number of aliphatic hydroxyl groups is 1. The van der Waals surface area contributed by atoms with Gasteiger partial charge in [0.2, 0.25) is 0 Å². The molecule has 1 N–H and O–H groups in total. The molecule has 1 aliphatic rings. The van der Waals surface area contributed by atoms with E-state index in [2.05, 4.69) is 50.0 Å². The van der Waals surface area contributed by atoms with Crippen LogP contribution in [0, 0.1) is 16.9 Å². The zero-order chi connectivity index (χ0) is 30.9. The number of carbonyl (C=O) groups excluding carboxylic acids is 1. The van der Waals surface area contributed by atoms with E-state index in [9.17, 15) is 9.90 Å². The molecular weight excluding hydrogens is 731 g/mol. The summed E-state index contributed by atoms with van der Waals surface area (Å²) < 4.78 is 0. The molecule has 4 aromatic rings. The van der Waals surface area contributed by atoms with Crippen molar-refractivity contribution in [3.05, 3.63) is 66.2 Å². The number of fused-ring (bicyclic) bond motifs is 3. The summed E-state index contributed by atoms with van der Waals surface area (Å²) in [7, 11) is 0. The predicted octanol–water partition coefficient (Wildman–Crippen LogP) is 10.1. The molecule has 1 aliphatic heterocycles. The van der Waals surface area contributed by atoms with Gasteiger partial charge in [-0.3, -0.25) is 19.7 Å². The fourth-order valence-electron chi connectivity index (χ4n) is 5.14. The van der Waals surface area contributed by atoms with Gasteiger partial charge in [0, 0.05) is 65.0 Å². The Morgan fingerprint density at radius 1 is 0.907 bits per heavy atom. The largest absolute Gasteiger partial charge is 0.512 e. The van der Waals surface area contributed by atoms with Crippen LogP contribution in [0.1, 0.15) is 93.6 Å². The van der Waals surface area contributed by atoms with E-state index in [0.29, 0.717) is 0 Å². The Bertz CT molecular complexity index is 1650. The van der Waals surface area contributed by atoms with Crippen molar-refractivity contribution < 1.29 is 30.0 Å². The SMILES string of the molecule is CC(C)(C)c1ccc2c3c(nccc13)-c1[c-]c3cccnc3nc1S2.CCC(C)(CC)C(=O)/C=C(\O)C(C)(CC)CC.[Ir]. The fourth-order valence-corrected chi connectivity index (χ4v) is 6.18. The number of aliphatic hydroxyl groups excluding tert-OH is 1. The molecule has 43 heavy (non-hydrogen) atoms. The maximum absolute atomic E-state index is 12.2. The Morgan fingerprint density at radius 2 is 1.56 bits per heavy atom. The van der Waals surface area contributed by atoms with Gasteiger partial charge in [-0.1, -0.05) is 85.4 Å². The summed E-state index contributed by atoms with van der Waals surface area (Å²) in [6.45, 7) is 18.8. The van der Waals surface area contributed by atoms with Crippen LogP contribution < -0.4 is 0 Å². The van der Waals surface area contributed by atoms with Crippen molar-refractivity contribution in [2.75, 3.05) is 0 Å². The molecule has 0 amide bonds. The number of hydrogen-bond donors (Lipinski definition) is 1. The van der Waals surface area contributed by atoms with Gasteiger partial charge in [0.25, 0.3) is 0 Å². The topological polar surface area (TPSA) is 76.0 Å². The van der Waals surface area contributed by atoms with Crippen LogP contribution in [0.4, 0.5) is 0 Å². The van der Waals surface area contributed by atoms with E-state index >= 15 is 0 Å². The monoisotopic (exact) mass is 775 g/mol. The van der Waals surface area contributed by atoms with Gasteiger partial charge >= 0.3 is 0 Å². The third-order valence-corrected chi connectivity index (χ3v) is 10.3. The second-order valence-electron chi connectivity index (χ2n) is 12.8. The van der Waals surface area contributed by atoms with E-state index in [1.807, 2.05) is 59.9 Å². The van der Waals surface area contributed by atoms with Crippen molar-refractivity contribution in [2.45, 2.75) is 103 Å². The molecule has 231 valence electrons. The summed E-state index contributed by atoms with van der Waals surface area (Å²) in [5.41, 5.74) is 3.51. The van der Waals surface area contributed by atoms with Crippen LogP contribution in [0.5, 0.6) is 0 Å². The molecule has 0 aliphatic carbocycles. The number of hydrogen-bond acceptors (Lipinski definition) is 6. The molecule has 5 rings (SSSR count). The Labute approximate surface area is 274 Å². The smallest absolute Gasteiger partial charge is 0.164 e. The molecule has 4 heterocycles. The zero-order valence-corrected chi connectivity index (χ0v) is 30.1. The van der Waals surface area contributed by atoms with Gasteiger partial charge in [-0.2, -0.15) is 0 Å². The number of rotatable bonds is 7. The first kappa shape index (κ1) is 34.9. The second-order valence-corrected chi connectivity index (χ2v) is 13.8. The van der Waals surface area contributed by atoms with Gasteiger partial charge in [0.1, 0.15) is 5.76 Å². The van der Waals surface area contributed by atoms with E-state index in [1.165, 1.54) is 27.3 Å². The summed E-state index contributed by atoms with van der Waals surface area (Å²) in [5, 5.41) is 14.5. The minimum absolute atomic E-state index is 0. The van der Waals surface area contributed by atoms with Crippen LogP contribution in [0.3, 0.4) is 0 Å². The summed E-state index contributed by atoms with van der Waals surface area (Å²) >= 11 is 1.69. The van der Waals surface area contributed by atoms with Crippen LogP contribution in [0.25, 0.3) is 33.1 Å². The molecule has 5 nitrogen and oxygen atoms in total. The number of benzene rings is 1. The van der Waals surface area contributed by atoms with Gasteiger partial charge in [0.15, 0.2) is 5.78 Å². The predicted molar refractivity (Wildman–Crippen MR) is 175 cm³/mol. The van der Waals surface area contributed by atoms with Gasteiger partial charge in [-0.05, 0) is 59.6 Å². The first-order chi connectivity index (χ1) is 19.8. The van der Waals surface area contributed by atoms with Crippen molar-refractivity contribution in [3.63, 3.8) is 0 Å². The Morgan fingerprint density at radius 3 is 2.16 bits per heavy atom. The fraction of sp³-hybridized carbons (Fsp3) is 0.444. The summed E-state index contributed by atoms with van der Waals surface area (Å²) in [4.78, 5) is 27.2. The second kappa shape index (κ2) is 13.6. The first-order valence-electron chi connectivity index (χ1n) is 15.1. The molecule has 0 spiro atoms. The van der Waals surface area contributed by atoms with Crippen molar-refractivity contribution >= 4 is 39.4 Å². The van der Waals surface area contributed by atoms with E-state index in [0.717, 1.165) is 53.0 Å². The number of nitrogens with zero attached hydrogens (tertiary/aromatic N) is 3. The standard InChI is InChI=1S/C21H16N3S.C15H28O2.Ir/c1-21(2,3)15-6-7-16-17-13(15)8-10-22-18(17)14-11-12-5-4-9-23-19(12)24-20(14)25-16;1-7-14(5,8-2)12(16)11-13(17)15(6,9-3)10-4;/h4-10H,1-3H3;11,16H,7-10H2,1-6H3;/q-1;;/b;12-11-;. The quantitative estimate of drug-likeness (QED) is 0.101. The van der Waals surface area contributed by atoms with Gasteiger partial charge in [-0.25, -0.2) is 0 Å². The molecule has 1 radical (unpaired) electrons. The van der Waals surface area contributed by atoms with Gasteiger partial charge in [0.05, 0.1) is 5.65 Å². The molecule has 7 heteroatoms. The minimum atomic E-state index is -0.337. The summed E-state index contributed by atoms with van der Waals surface area (Å²) in [5.74, 6) is 0.286. The van der Waals surface area contributed by atoms with Crippen LogP contribution >= 0.6 is 11.8 Å². The van der Waals surface area contributed by atoms with E-state index in [4.69, 9.17) is 9.97 Å². The minimum Gasteiger partial charge on any atom is -0.512 e. The molecule has 0 atom stereocenters. The number of allylic oxidation sites excluding steroid dienone is 2. The number of aromatic nitrogens is 3. The van der Waals surface area contributed by atoms with Crippen molar-refractivity contribution in [3.8, 4) is 11.3 Å². The van der Waals surface area contributed by atoms with E-state index in [1.54, 1.807) is 18.0 Å². The van der Waals surface area contributed by atoms with Gasteiger partial charge < -0.3 is 5.11 Å². The molecule has 1 aromatic carbocycles. The summed E-state index contributed by atoms with van der Waals surface area (Å²) in [6.07, 6.45) is 8.42. The number of carbonyl (C=O) groups is 1. The maximum Gasteiger partial charge on any atom is 0.164 e. The average Bonchev–Trinajstić information content (AvgIpc) is 2.99. The maximum atomic E-state index is 12.2. The Kier molecular flexibility index (Phi) is 11.0. The third-order valence-electron chi connectivity index (χ3n) is 9.21. The molecule has 0 saturated heterocycles. The molecule has 0 bridgehead atoms. The zero-order valence-electron chi connectivity index (χ0n) is 26.9. The molecular formula is C36H44IrN3O2S-. The van der Waals surface area contributed by atoms with Crippen molar-refractivity contribution in [1.82, 2.24) is 15.0 Å². The van der Waals surface area contributed by atoms with Crippen LogP contribution in [-0.4, -0.2) is 25.8 Å². The van der Waals surface area contributed by atoms with Crippen molar-refractivity contribution in [1.29, 1.82) is 0 Å². The first-order valence-corrected chi connectivity index (χ1v) is 15.9. The van der Waals surface area contributed by atoms with Gasteiger partial charge in [-0.15, -0.1) is 23.9 Å². The van der Waals surface area contributed by atoms with Crippen LogP contribution in [0.15, 0.2) is 64.5 Å². The Hall–Kier alpha value is -2.60. The van der Waals surface area contributed by atoms with Crippen LogP contribution in [-0.2, 0) is 30.3 Å². The molecule has 3 aromatic heterocycles. The molecule has 0 saturated carbocycles. The Balaban J connectivity index is 0.000000250. The van der Waals surface area contributed by atoms with E-state index in [-0.39, 0.29) is 47.9 Å².